The minimum Gasteiger partial charge on any atom is -0.367 e. The first-order chi connectivity index (χ1) is 9.15. The Hall–Kier alpha value is -1.96. The predicted molar refractivity (Wildman–Crippen MR) is 68.0 cm³/mol. The Labute approximate surface area is 110 Å². The van der Waals surface area contributed by atoms with Crippen LogP contribution in [0.4, 0.5) is 5.95 Å². The minimum atomic E-state index is -0.526. The topological polar surface area (TPSA) is 116 Å². The van der Waals surface area contributed by atoms with Crippen LogP contribution in [-0.4, -0.2) is 31.9 Å². The third-order valence-corrected chi connectivity index (χ3v) is 3.10. The van der Waals surface area contributed by atoms with Gasteiger partial charge in [-0.1, -0.05) is 19.0 Å². The zero-order chi connectivity index (χ0) is 13.9. The van der Waals surface area contributed by atoms with Gasteiger partial charge in [-0.2, -0.15) is 9.97 Å². The lowest BCUT2D eigenvalue weighted by atomic mass is 9.96. The smallest absolute Gasteiger partial charge is 0.295 e. The zero-order valence-corrected chi connectivity index (χ0v) is 11.3. The molecule has 8 nitrogen and oxygen atoms in total. The van der Waals surface area contributed by atoms with Crippen molar-refractivity contribution in [2.45, 2.75) is 39.2 Å². The van der Waals surface area contributed by atoms with Gasteiger partial charge in [0.1, 0.15) is 5.60 Å². The van der Waals surface area contributed by atoms with E-state index < -0.39 is 5.60 Å². The molecular formula is C11H18N6O2. The van der Waals surface area contributed by atoms with Crippen molar-refractivity contribution in [2.24, 2.45) is 0 Å². The molecule has 0 fully saturated rings. The molecule has 19 heavy (non-hydrogen) atoms. The fourth-order valence-corrected chi connectivity index (χ4v) is 1.99. The van der Waals surface area contributed by atoms with E-state index in [1.165, 1.54) is 0 Å². The Balaban J connectivity index is 2.33. The van der Waals surface area contributed by atoms with Gasteiger partial charge in [-0.05, 0) is 19.8 Å². The number of anilines is 1. The molecule has 8 heteroatoms. The zero-order valence-electron chi connectivity index (χ0n) is 11.3. The van der Waals surface area contributed by atoms with Crippen LogP contribution in [0.2, 0.25) is 0 Å². The molecule has 0 saturated carbocycles. The highest BCUT2D eigenvalue weighted by molar-refractivity contribution is 5.41. The number of rotatable bonds is 6. The molecule has 0 aliphatic rings. The maximum atomic E-state index is 5.81. The fraction of sp³-hybridized carbons (Fsp3) is 0.636. The fourth-order valence-electron chi connectivity index (χ4n) is 1.99. The maximum Gasteiger partial charge on any atom is 0.295 e. The summed E-state index contributed by atoms with van der Waals surface area (Å²) in [6.45, 7) is 6.59. The number of aromatic nitrogens is 5. The van der Waals surface area contributed by atoms with Gasteiger partial charge in [0.2, 0.25) is 17.6 Å². The van der Waals surface area contributed by atoms with Gasteiger partial charge >= 0.3 is 0 Å². The normalized spacial score (nSPS) is 11.9. The van der Waals surface area contributed by atoms with Crippen molar-refractivity contribution < 1.29 is 9.26 Å². The second-order valence-corrected chi connectivity index (χ2v) is 4.10. The van der Waals surface area contributed by atoms with Crippen molar-refractivity contribution in [2.75, 3.05) is 12.3 Å². The first-order valence-corrected chi connectivity index (χ1v) is 6.31. The van der Waals surface area contributed by atoms with Crippen LogP contribution in [0.25, 0.3) is 11.7 Å². The summed E-state index contributed by atoms with van der Waals surface area (Å²) in [6, 6.07) is 0. The molecule has 2 aromatic rings. The van der Waals surface area contributed by atoms with Crippen LogP contribution in [0.5, 0.6) is 0 Å². The molecular weight excluding hydrogens is 248 g/mol. The number of nitrogens with two attached hydrogens (primary N) is 1. The molecule has 0 spiro atoms. The summed E-state index contributed by atoms with van der Waals surface area (Å²) in [4.78, 5) is 8.28. The van der Waals surface area contributed by atoms with Crippen LogP contribution in [-0.2, 0) is 10.3 Å². The average molecular weight is 266 g/mol. The molecule has 0 atom stereocenters. The number of nitrogen functional groups attached to an aromatic ring is 1. The number of hydrogen-bond donors (Lipinski definition) is 2. The number of nitrogens with zero attached hydrogens (tertiary/aromatic N) is 4. The molecule has 3 N–H and O–H groups in total. The molecule has 0 aliphatic heterocycles. The van der Waals surface area contributed by atoms with Gasteiger partial charge in [0, 0.05) is 6.61 Å². The predicted octanol–water partition coefficient (Wildman–Crippen LogP) is 1.49. The van der Waals surface area contributed by atoms with Gasteiger partial charge in [-0.25, -0.2) is 0 Å². The first kappa shape index (κ1) is 13.5. The van der Waals surface area contributed by atoms with E-state index >= 15 is 0 Å². The molecule has 2 heterocycles. The SMILES string of the molecule is CCOC(CC)(CC)c1noc(-c2nc(N)n[nH]2)n1. The highest BCUT2D eigenvalue weighted by Gasteiger charge is 2.35. The van der Waals surface area contributed by atoms with Crippen molar-refractivity contribution in [1.82, 2.24) is 25.3 Å². The third-order valence-electron chi connectivity index (χ3n) is 3.10. The summed E-state index contributed by atoms with van der Waals surface area (Å²) in [7, 11) is 0. The van der Waals surface area contributed by atoms with E-state index in [4.69, 9.17) is 15.0 Å². The average Bonchev–Trinajstić information content (AvgIpc) is 3.05. The largest absolute Gasteiger partial charge is 0.367 e. The van der Waals surface area contributed by atoms with Gasteiger partial charge in [-0.3, -0.25) is 5.10 Å². The number of nitrogens with one attached hydrogen (secondary N) is 1. The summed E-state index contributed by atoms with van der Waals surface area (Å²) in [5, 5.41) is 10.3. The van der Waals surface area contributed by atoms with Gasteiger partial charge in [-0.15, -0.1) is 5.10 Å². The Morgan fingerprint density at radius 3 is 2.53 bits per heavy atom. The van der Waals surface area contributed by atoms with Crippen LogP contribution >= 0.6 is 0 Å². The number of aromatic amines is 1. The molecule has 0 unspecified atom stereocenters. The second kappa shape index (κ2) is 5.35. The molecule has 2 aromatic heterocycles. The number of H-pyrrole nitrogens is 1. The molecule has 0 amide bonds. The summed E-state index contributed by atoms with van der Waals surface area (Å²) >= 11 is 0. The lowest BCUT2D eigenvalue weighted by Gasteiger charge is -2.27. The van der Waals surface area contributed by atoms with E-state index in [-0.39, 0.29) is 11.8 Å². The molecule has 104 valence electrons. The van der Waals surface area contributed by atoms with E-state index in [9.17, 15) is 0 Å². The Bertz CT molecular complexity index is 531. The maximum absolute atomic E-state index is 5.81. The van der Waals surface area contributed by atoms with E-state index in [1.807, 2.05) is 20.8 Å². The van der Waals surface area contributed by atoms with Crippen molar-refractivity contribution in [3.05, 3.63) is 5.82 Å². The highest BCUT2D eigenvalue weighted by Crippen LogP contribution is 2.31. The van der Waals surface area contributed by atoms with Crippen LogP contribution in [0.15, 0.2) is 4.52 Å². The Kier molecular flexibility index (Phi) is 3.79. The van der Waals surface area contributed by atoms with Crippen LogP contribution in [0.3, 0.4) is 0 Å². The van der Waals surface area contributed by atoms with Gasteiger partial charge < -0.3 is 15.0 Å². The Morgan fingerprint density at radius 2 is 2.00 bits per heavy atom. The van der Waals surface area contributed by atoms with E-state index in [0.29, 0.717) is 18.3 Å². The highest BCUT2D eigenvalue weighted by atomic mass is 16.5. The first-order valence-electron chi connectivity index (χ1n) is 6.31. The quantitative estimate of drug-likeness (QED) is 0.813. The van der Waals surface area contributed by atoms with Gasteiger partial charge in [0.25, 0.3) is 5.89 Å². The van der Waals surface area contributed by atoms with Crippen molar-refractivity contribution in [3.8, 4) is 11.7 Å². The molecule has 0 aliphatic carbocycles. The summed E-state index contributed by atoms with van der Waals surface area (Å²) in [5.41, 5.74) is 4.91. The van der Waals surface area contributed by atoms with Crippen LogP contribution in [0.1, 0.15) is 39.4 Å². The van der Waals surface area contributed by atoms with Crippen LogP contribution in [0, 0.1) is 0 Å². The van der Waals surface area contributed by atoms with E-state index in [2.05, 4.69) is 25.3 Å². The molecule has 2 rings (SSSR count). The van der Waals surface area contributed by atoms with Crippen molar-refractivity contribution in [1.29, 1.82) is 0 Å². The lowest BCUT2D eigenvalue weighted by molar-refractivity contribution is -0.0583. The minimum absolute atomic E-state index is 0.136. The van der Waals surface area contributed by atoms with Crippen molar-refractivity contribution >= 4 is 5.95 Å². The third kappa shape index (κ3) is 2.43. The summed E-state index contributed by atoms with van der Waals surface area (Å²) in [6.07, 6.45) is 1.52. The van der Waals surface area contributed by atoms with Crippen molar-refractivity contribution in [3.63, 3.8) is 0 Å². The number of ether oxygens (including phenoxy) is 1. The Morgan fingerprint density at radius 1 is 1.26 bits per heavy atom. The second-order valence-electron chi connectivity index (χ2n) is 4.10. The summed E-state index contributed by atoms with van der Waals surface area (Å²) < 4.78 is 11.0. The standard InChI is InChI=1S/C11H18N6O2/c1-4-11(5-2,18-6-3)9-14-8(19-17-9)7-13-10(12)16-15-7/h4-6H2,1-3H3,(H3,12,13,15,16). The molecule has 0 aromatic carbocycles. The lowest BCUT2D eigenvalue weighted by Crippen LogP contribution is -2.29. The van der Waals surface area contributed by atoms with Crippen LogP contribution < -0.4 is 5.73 Å². The molecule has 0 radical (unpaired) electrons. The van der Waals surface area contributed by atoms with E-state index in [0.717, 1.165) is 12.8 Å². The van der Waals surface area contributed by atoms with E-state index in [1.54, 1.807) is 0 Å². The molecule has 0 saturated heterocycles. The molecule has 0 bridgehead atoms. The summed E-state index contributed by atoms with van der Waals surface area (Å²) in [5.74, 6) is 1.26. The van der Waals surface area contributed by atoms with Gasteiger partial charge in [0.05, 0.1) is 0 Å². The van der Waals surface area contributed by atoms with Gasteiger partial charge in [0.15, 0.2) is 0 Å². The number of hydrogen-bond acceptors (Lipinski definition) is 7. The monoisotopic (exact) mass is 266 g/mol.